The lowest BCUT2D eigenvalue weighted by molar-refractivity contribution is 0.560. The lowest BCUT2D eigenvalue weighted by Crippen LogP contribution is -2.22. The van der Waals surface area contributed by atoms with E-state index in [1.165, 1.54) is 11.1 Å². The Morgan fingerprint density at radius 3 is 2.74 bits per heavy atom. The number of hydrogen-bond donors (Lipinski definition) is 1. The normalized spacial score (nSPS) is 12.3. The van der Waals surface area contributed by atoms with E-state index in [4.69, 9.17) is 4.98 Å². The molecule has 0 fully saturated rings. The number of aryl methyl sites for hydroxylation is 1. The summed E-state index contributed by atoms with van der Waals surface area (Å²) in [6.07, 6.45) is 6.13. The predicted molar refractivity (Wildman–Crippen MR) is 94.4 cm³/mol. The summed E-state index contributed by atoms with van der Waals surface area (Å²) < 4.78 is 0. The van der Waals surface area contributed by atoms with E-state index >= 15 is 0 Å². The summed E-state index contributed by atoms with van der Waals surface area (Å²) in [5.74, 6) is 0. The summed E-state index contributed by atoms with van der Waals surface area (Å²) >= 11 is 1.70. The van der Waals surface area contributed by atoms with E-state index in [0.29, 0.717) is 0 Å². The van der Waals surface area contributed by atoms with Crippen LogP contribution in [0.5, 0.6) is 0 Å². The van der Waals surface area contributed by atoms with Gasteiger partial charge < -0.3 is 5.32 Å². The Hall–Kier alpha value is -2.11. The molecule has 23 heavy (non-hydrogen) atoms. The maximum atomic E-state index is 4.73. The number of rotatable bonds is 6. The molecule has 0 aliphatic carbocycles. The summed E-state index contributed by atoms with van der Waals surface area (Å²) in [7, 11) is 0. The molecule has 1 N–H and O–H groups in total. The summed E-state index contributed by atoms with van der Waals surface area (Å²) in [4.78, 5) is 13.1. The zero-order valence-electron chi connectivity index (χ0n) is 13.4. The second-order valence-electron chi connectivity index (χ2n) is 5.57. The Bertz CT molecular complexity index is 737. The smallest absolute Gasteiger partial charge is 0.123 e. The van der Waals surface area contributed by atoms with E-state index < -0.39 is 0 Å². The first-order chi connectivity index (χ1) is 11.2. The van der Waals surface area contributed by atoms with Crippen LogP contribution in [0.1, 0.15) is 29.9 Å². The van der Waals surface area contributed by atoms with Crippen LogP contribution in [0.3, 0.4) is 0 Å². The molecular weight excluding hydrogens is 304 g/mol. The van der Waals surface area contributed by atoms with Crippen LogP contribution in [-0.4, -0.2) is 21.5 Å². The Labute approximate surface area is 140 Å². The lowest BCUT2D eigenvalue weighted by Gasteiger charge is -2.11. The molecule has 118 valence electrons. The SMILES string of the molecule is Cc1ccc(-c2nc(CCN[C@@H](C)c3cnccn3)cs2)cc1. The van der Waals surface area contributed by atoms with Crippen molar-refractivity contribution in [3.8, 4) is 10.6 Å². The van der Waals surface area contributed by atoms with Crippen molar-refractivity contribution in [3.63, 3.8) is 0 Å². The number of nitrogens with one attached hydrogen (secondary N) is 1. The number of benzene rings is 1. The molecule has 2 heterocycles. The monoisotopic (exact) mass is 324 g/mol. The third-order valence-electron chi connectivity index (χ3n) is 3.71. The molecule has 3 rings (SSSR count). The van der Waals surface area contributed by atoms with Crippen LogP contribution in [0.2, 0.25) is 0 Å². The first-order valence-electron chi connectivity index (χ1n) is 7.73. The fourth-order valence-electron chi connectivity index (χ4n) is 2.31. The quantitative estimate of drug-likeness (QED) is 0.749. The molecule has 5 heteroatoms. The number of nitrogens with zero attached hydrogens (tertiary/aromatic N) is 3. The molecule has 2 aromatic heterocycles. The fraction of sp³-hybridized carbons (Fsp3) is 0.278. The van der Waals surface area contributed by atoms with Crippen molar-refractivity contribution in [1.29, 1.82) is 0 Å². The number of hydrogen-bond acceptors (Lipinski definition) is 5. The molecule has 0 saturated carbocycles. The van der Waals surface area contributed by atoms with Crippen LogP contribution in [0, 0.1) is 6.92 Å². The van der Waals surface area contributed by atoms with Gasteiger partial charge in [0.05, 0.1) is 11.4 Å². The Morgan fingerprint density at radius 2 is 2.00 bits per heavy atom. The maximum Gasteiger partial charge on any atom is 0.123 e. The van der Waals surface area contributed by atoms with Crippen molar-refractivity contribution in [2.45, 2.75) is 26.3 Å². The second kappa shape index (κ2) is 7.44. The van der Waals surface area contributed by atoms with Crippen LogP contribution in [0.4, 0.5) is 0 Å². The van der Waals surface area contributed by atoms with Gasteiger partial charge in [0.2, 0.25) is 0 Å². The topological polar surface area (TPSA) is 50.7 Å². The van der Waals surface area contributed by atoms with E-state index in [9.17, 15) is 0 Å². The minimum Gasteiger partial charge on any atom is -0.308 e. The standard InChI is InChI=1S/C18H20N4S/c1-13-3-5-15(6-4-13)18-22-16(12-23-18)7-8-20-14(2)17-11-19-9-10-21-17/h3-6,9-12,14,20H,7-8H2,1-2H3/t14-/m0/s1. The third kappa shape index (κ3) is 4.21. The summed E-state index contributed by atoms with van der Waals surface area (Å²) in [5, 5.41) is 6.69. The summed E-state index contributed by atoms with van der Waals surface area (Å²) in [6, 6.07) is 8.71. The fourth-order valence-corrected chi connectivity index (χ4v) is 3.17. The average Bonchev–Trinajstić information content (AvgIpc) is 3.05. The first kappa shape index (κ1) is 15.8. The van der Waals surface area contributed by atoms with Crippen LogP contribution < -0.4 is 5.32 Å². The predicted octanol–water partition coefficient (Wildman–Crippen LogP) is 3.80. The molecule has 0 aliphatic rings. The highest BCUT2D eigenvalue weighted by Crippen LogP contribution is 2.24. The van der Waals surface area contributed by atoms with Gasteiger partial charge in [-0.1, -0.05) is 29.8 Å². The molecule has 0 spiro atoms. The minimum absolute atomic E-state index is 0.193. The van der Waals surface area contributed by atoms with Gasteiger partial charge in [-0.15, -0.1) is 11.3 Å². The maximum absolute atomic E-state index is 4.73. The van der Waals surface area contributed by atoms with E-state index in [1.54, 1.807) is 29.9 Å². The molecule has 0 unspecified atom stereocenters. The molecule has 0 saturated heterocycles. The Kier molecular flexibility index (Phi) is 5.10. The average molecular weight is 324 g/mol. The molecule has 0 amide bonds. The van der Waals surface area contributed by atoms with Crippen LogP contribution >= 0.6 is 11.3 Å². The van der Waals surface area contributed by atoms with Crippen LogP contribution in [0.15, 0.2) is 48.2 Å². The zero-order chi connectivity index (χ0) is 16.1. The second-order valence-corrected chi connectivity index (χ2v) is 6.42. The van der Waals surface area contributed by atoms with Crippen LogP contribution in [-0.2, 0) is 6.42 Å². The van der Waals surface area contributed by atoms with E-state index in [-0.39, 0.29) is 6.04 Å². The molecule has 1 aromatic carbocycles. The molecular formula is C18H20N4S. The van der Waals surface area contributed by atoms with Gasteiger partial charge in [0, 0.05) is 48.5 Å². The highest BCUT2D eigenvalue weighted by molar-refractivity contribution is 7.13. The van der Waals surface area contributed by atoms with Crippen molar-refractivity contribution in [2.75, 3.05) is 6.54 Å². The third-order valence-corrected chi connectivity index (χ3v) is 4.65. The van der Waals surface area contributed by atoms with Crippen molar-refractivity contribution in [1.82, 2.24) is 20.3 Å². The highest BCUT2D eigenvalue weighted by atomic mass is 32.1. The van der Waals surface area contributed by atoms with Gasteiger partial charge in [-0.2, -0.15) is 0 Å². The molecule has 1 atom stereocenters. The van der Waals surface area contributed by atoms with Gasteiger partial charge in [-0.25, -0.2) is 4.98 Å². The molecule has 4 nitrogen and oxygen atoms in total. The largest absolute Gasteiger partial charge is 0.308 e. The van der Waals surface area contributed by atoms with Gasteiger partial charge in [0.15, 0.2) is 0 Å². The van der Waals surface area contributed by atoms with Gasteiger partial charge in [0.25, 0.3) is 0 Å². The summed E-state index contributed by atoms with van der Waals surface area (Å²) in [5.41, 5.74) is 4.55. The molecule has 0 bridgehead atoms. The van der Waals surface area contributed by atoms with Gasteiger partial charge in [-0.05, 0) is 13.8 Å². The summed E-state index contributed by atoms with van der Waals surface area (Å²) in [6.45, 7) is 5.07. The van der Waals surface area contributed by atoms with Crippen molar-refractivity contribution in [3.05, 3.63) is 65.2 Å². The van der Waals surface area contributed by atoms with Gasteiger partial charge >= 0.3 is 0 Å². The number of thiazole rings is 1. The van der Waals surface area contributed by atoms with Crippen molar-refractivity contribution >= 4 is 11.3 Å². The minimum atomic E-state index is 0.193. The highest BCUT2D eigenvalue weighted by Gasteiger charge is 2.08. The Morgan fingerprint density at radius 1 is 1.17 bits per heavy atom. The molecule has 0 aliphatic heterocycles. The van der Waals surface area contributed by atoms with E-state index in [1.807, 2.05) is 0 Å². The molecule has 3 aromatic rings. The van der Waals surface area contributed by atoms with Crippen molar-refractivity contribution < 1.29 is 0 Å². The Balaban J connectivity index is 1.54. The zero-order valence-corrected chi connectivity index (χ0v) is 14.2. The lowest BCUT2D eigenvalue weighted by atomic mass is 10.2. The van der Waals surface area contributed by atoms with Crippen molar-refractivity contribution in [2.24, 2.45) is 0 Å². The van der Waals surface area contributed by atoms with Crippen LogP contribution in [0.25, 0.3) is 10.6 Å². The van der Waals surface area contributed by atoms with E-state index in [0.717, 1.165) is 29.4 Å². The van der Waals surface area contributed by atoms with Gasteiger partial charge in [-0.3, -0.25) is 9.97 Å². The van der Waals surface area contributed by atoms with E-state index in [2.05, 4.69) is 58.8 Å². The van der Waals surface area contributed by atoms with Gasteiger partial charge in [0.1, 0.15) is 5.01 Å². The first-order valence-corrected chi connectivity index (χ1v) is 8.61. The number of aromatic nitrogens is 3. The molecule has 0 radical (unpaired) electrons.